The van der Waals surface area contributed by atoms with Gasteiger partial charge in [0, 0.05) is 31.1 Å². The van der Waals surface area contributed by atoms with Gasteiger partial charge in [-0.2, -0.15) is 0 Å². The first kappa shape index (κ1) is 16.8. The van der Waals surface area contributed by atoms with Crippen molar-refractivity contribution in [2.75, 3.05) is 45.1 Å². The van der Waals surface area contributed by atoms with Gasteiger partial charge in [-0.25, -0.2) is 4.79 Å². The Bertz CT molecular complexity index is 544. The number of hydrogen-bond acceptors (Lipinski definition) is 4. The van der Waals surface area contributed by atoms with Crippen LogP contribution in [0.2, 0.25) is 0 Å². The molecule has 22 heavy (non-hydrogen) atoms. The summed E-state index contributed by atoms with van der Waals surface area (Å²) in [7, 11) is 2.07. The van der Waals surface area contributed by atoms with Gasteiger partial charge in [0.05, 0.1) is 10.6 Å². The van der Waals surface area contributed by atoms with E-state index in [1.807, 2.05) is 18.7 Å². The molecule has 7 heteroatoms. The first-order valence-corrected chi connectivity index (χ1v) is 8.46. The lowest BCUT2D eigenvalue weighted by molar-refractivity contribution is 0.0960. The number of hydrogen-bond donors (Lipinski definition) is 2. The van der Waals surface area contributed by atoms with Crippen LogP contribution in [-0.2, 0) is 0 Å². The van der Waals surface area contributed by atoms with E-state index in [0.29, 0.717) is 11.4 Å². The molecule has 6 nitrogen and oxygen atoms in total. The van der Waals surface area contributed by atoms with Crippen molar-refractivity contribution in [2.24, 2.45) is 0 Å². The second kappa shape index (κ2) is 7.60. The summed E-state index contributed by atoms with van der Waals surface area (Å²) in [6.45, 7) is 7.80. The Morgan fingerprint density at radius 3 is 2.77 bits per heavy atom. The second-order valence-corrected chi connectivity index (χ2v) is 6.77. The van der Waals surface area contributed by atoms with Crippen LogP contribution < -0.4 is 10.6 Å². The van der Waals surface area contributed by atoms with Crippen LogP contribution in [0.3, 0.4) is 0 Å². The number of nitrogens with one attached hydrogen (secondary N) is 2. The van der Waals surface area contributed by atoms with Gasteiger partial charge in [-0.15, -0.1) is 11.3 Å². The predicted molar refractivity (Wildman–Crippen MR) is 89.8 cm³/mol. The number of rotatable bonds is 3. The van der Waals surface area contributed by atoms with Crippen molar-refractivity contribution in [1.29, 1.82) is 0 Å². The largest absolute Gasteiger partial charge is 0.352 e. The molecule has 0 aliphatic carbocycles. The van der Waals surface area contributed by atoms with Crippen LogP contribution in [0, 0.1) is 6.92 Å². The number of amides is 3. The standard InChI is InChI=1S/C15H24N4O2S/c1-4-16-14(20)13-10-12(11(2)22-13)17-15(21)19-7-5-6-18(3)8-9-19/h10H,4-9H2,1-3H3,(H,16,20)(H,17,21). The molecule has 1 aliphatic heterocycles. The van der Waals surface area contributed by atoms with Gasteiger partial charge >= 0.3 is 6.03 Å². The first-order chi connectivity index (χ1) is 10.5. The van der Waals surface area contributed by atoms with Gasteiger partial charge in [0.1, 0.15) is 0 Å². The molecule has 0 bridgehead atoms. The van der Waals surface area contributed by atoms with Gasteiger partial charge < -0.3 is 20.4 Å². The molecule has 3 amide bonds. The molecule has 0 radical (unpaired) electrons. The average Bonchev–Trinajstić information content (AvgIpc) is 2.70. The molecule has 2 heterocycles. The van der Waals surface area contributed by atoms with Crippen molar-refractivity contribution in [1.82, 2.24) is 15.1 Å². The molecular weight excluding hydrogens is 300 g/mol. The van der Waals surface area contributed by atoms with Gasteiger partial charge in [-0.3, -0.25) is 4.79 Å². The fourth-order valence-electron chi connectivity index (χ4n) is 2.41. The zero-order valence-electron chi connectivity index (χ0n) is 13.4. The van der Waals surface area contributed by atoms with E-state index in [0.717, 1.165) is 43.2 Å². The highest BCUT2D eigenvalue weighted by atomic mass is 32.1. The molecule has 1 aromatic heterocycles. The minimum absolute atomic E-state index is 0.0846. The topological polar surface area (TPSA) is 64.7 Å². The number of thiophene rings is 1. The lowest BCUT2D eigenvalue weighted by Crippen LogP contribution is -2.37. The van der Waals surface area contributed by atoms with Crippen molar-refractivity contribution in [3.05, 3.63) is 15.8 Å². The second-order valence-electron chi connectivity index (χ2n) is 5.51. The highest BCUT2D eigenvalue weighted by Gasteiger charge is 2.19. The highest BCUT2D eigenvalue weighted by Crippen LogP contribution is 2.26. The average molecular weight is 324 g/mol. The molecular formula is C15H24N4O2S. The molecule has 0 saturated carbocycles. The fraction of sp³-hybridized carbons (Fsp3) is 0.600. The molecule has 1 fully saturated rings. The third-order valence-corrected chi connectivity index (χ3v) is 4.78. The molecule has 2 rings (SSSR count). The number of urea groups is 1. The smallest absolute Gasteiger partial charge is 0.321 e. The maximum absolute atomic E-state index is 12.4. The molecule has 1 aromatic rings. The molecule has 122 valence electrons. The van der Waals surface area contributed by atoms with Crippen LogP contribution in [0.4, 0.5) is 10.5 Å². The van der Waals surface area contributed by atoms with Gasteiger partial charge in [0.15, 0.2) is 0 Å². The summed E-state index contributed by atoms with van der Waals surface area (Å²) in [6.07, 6.45) is 0.983. The van der Waals surface area contributed by atoms with Gasteiger partial charge in [0.2, 0.25) is 0 Å². The van der Waals surface area contributed by atoms with Crippen molar-refractivity contribution < 1.29 is 9.59 Å². The number of likely N-dealkylation sites (N-methyl/N-ethyl adjacent to an activating group) is 1. The lowest BCUT2D eigenvalue weighted by Gasteiger charge is -2.20. The van der Waals surface area contributed by atoms with E-state index in [-0.39, 0.29) is 11.9 Å². The van der Waals surface area contributed by atoms with Crippen molar-refractivity contribution in [3.8, 4) is 0 Å². The number of carbonyl (C=O) groups excluding carboxylic acids is 2. The van der Waals surface area contributed by atoms with E-state index in [4.69, 9.17) is 0 Å². The van der Waals surface area contributed by atoms with E-state index in [1.165, 1.54) is 11.3 Å². The molecule has 0 aromatic carbocycles. The van der Waals surface area contributed by atoms with Gasteiger partial charge in [-0.1, -0.05) is 0 Å². The van der Waals surface area contributed by atoms with E-state index in [1.54, 1.807) is 6.07 Å². The van der Waals surface area contributed by atoms with Crippen LogP contribution in [0.15, 0.2) is 6.07 Å². The number of carbonyl (C=O) groups is 2. The maximum Gasteiger partial charge on any atom is 0.321 e. The zero-order chi connectivity index (χ0) is 16.1. The van der Waals surface area contributed by atoms with E-state index in [2.05, 4.69) is 22.6 Å². The zero-order valence-corrected chi connectivity index (χ0v) is 14.3. The summed E-state index contributed by atoms with van der Waals surface area (Å²) < 4.78 is 0. The minimum Gasteiger partial charge on any atom is -0.352 e. The van der Waals surface area contributed by atoms with Crippen molar-refractivity contribution in [2.45, 2.75) is 20.3 Å². The summed E-state index contributed by atoms with van der Waals surface area (Å²) in [5.41, 5.74) is 0.730. The fourth-order valence-corrected chi connectivity index (χ4v) is 3.30. The van der Waals surface area contributed by atoms with Crippen LogP contribution in [-0.4, -0.2) is 61.5 Å². The molecule has 0 atom stereocenters. The number of nitrogens with zero attached hydrogens (tertiary/aromatic N) is 2. The van der Waals surface area contributed by atoms with Crippen LogP contribution >= 0.6 is 11.3 Å². The first-order valence-electron chi connectivity index (χ1n) is 7.64. The van der Waals surface area contributed by atoms with Gasteiger partial charge in [0.25, 0.3) is 5.91 Å². The Kier molecular flexibility index (Phi) is 5.79. The van der Waals surface area contributed by atoms with Crippen LogP contribution in [0.5, 0.6) is 0 Å². The normalized spacial score (nSPS) is 16.2. The quantitative estimate of drug-likeness (QED) is 0.893. The predicted octanol–water partition coefficient (Wildman–Crippen LogP) is 1.98. The summed E-state index contributed by atoms with van der Waals surface area (Å²) >= 11 is 1.40. The number of aryl methyl sites for hydroxylation is 1. The SMILES string of the molecule is CCNC(=O)c1cc(NC(=O)N2CCCN(C)CC2)c(C)s1. The third kappa shape index (κ3) is 4.20. The lowest BCUT2D eigenvalue weighted by atomic mass is 10.3. The third-order valence-electron chi connectivity index (χ3n) is 3.73. The van der Waals surface area contributed by atoms with Crippen LogP contribution in [0.25, 0.3) is 0 Å². The molecule has 2 N–H and O–H groups in total. The van der Waals surface area contributed by atoms with Crippen molar-refractivity contribution in [3.63, 3.8) is 0 Å². The molecule has 1 aliphatic rings. The molecule has 0 unspecified atom stereocenters. The van der Waals surface area contributed by atoms with Gasteiger partial charge in [-0.05, 0) is 39.9 Å². The van der Waals surface area contributed by atoms with E-state index >= 15 is 0 Å². The molecule has 1 saturated heterocycles. The monoisotopic (exact) mass is 324 g/mol. The Hall–Kier alpha value is -1.60. The Labute approximate surface area is 135 Å². The Morgan fingerprint density at radius 1 is 1.27 bits per heavy atom. The summed E-state index contributed by atoms with van der Waals surface area (Å²) in [5, 5.41) is 5.71. The van der Waals surface area contributed by atoms with E-state index < -0.39 is 0 Å². The van der Waals surface area contributed by atoms with E-state index in [9.17, 15) is 9.59 Å². The molecule has 0 spiro atoms. The van der Waals surface area contributed by atoms with Crippen LogP contribution in [0.1, 0.15) is 27.9 Å². The maximum atomic E-state index is 12.4. The summed E-state index contributed by atoms with van der Waals surface area (Å²) in [6, 6.07) is 1.67. The number of anilines is 1. The summed E-state index contributed by atoms with van der Waals surface area (Å²) in [4.78, 5) is 29.9. The Balaban J connectivity index is 2.00. The highest BCUT2D eigenvalue weighted by molar-refractivity contribution is 7.14. The van der Waals surface area contributed by atoms with Crippen molar-refractivity contribution >= 4 is 29.0 Å². The minimum atomic E-state index is -0.0903. The Morgan fingerprint density at radius 2 is 2.05 bits per heavy atom. The summed E-state index contributed by atoms with van der Waals surface area (Å²) in [5.74, 6) is -0.0903.